The van der Waals surface area contributed by atoms with Gasteiger partial charge in [-0.05, 0) is 29.8 Å². The van der Waals surface area contributed by atoms with Crippen molar-refractivity contribution >= 4 is 27.3 Å². The molecule has 0 aliphatic heterocycles. The van der Waals surface area contributed by atoms with E-state index in [-0.39, 0.29) is 17.2 Å². The number of sulfonamides is 1. The standard InChI is InChI=1S/C26H29N2O4S2/c1-28(2,3)19-23(18-25(29)32-20-22-12-8-5-9-13-22)27-34(30,31)26-17-16-24(33-26)15-14-21-10-6-4-7-11-21/h4-13,16-17,23,27H,18-20H2,1-3H3/q+1/t23-/m1/s1. The SMILES string of the molecule is C[N+](C)(C)C[C@@H](CC(=O)OCc1ccccc1)NS(=O)(=O)c1ccc(C#Cc2ccccc2)s1. The van der Waals surface area contributed by atoms with Gasteiger partial charge in [-0.2, -0.15) is 0 Å². The highest BCUT2D eigenvalue weighted by atomic mass is 32.2. The number of likely N-dealkylation sites (N-methyl/N-ethyl adjacent to an activating group) is 1. The van der Waals surface area contributed by atoms with Gasteiger partial charge in [-0.3, -0.25) is 4.79 Å². The summed E-state index contributed by atoms with van der Waals surface area (Å²) in [6.07, 6.45) is -0.0619. The van der Waals surface area contributed by atoms with Crippen LogP contribution in [0.2, 0.25) is 0 Å². The molecule has 0 bridgehead atoms. The number of ether oxygens (including phenoxy) is 1. The lowest BCUT2D eigenvalue weighted by atomic mass is 10.2. The second kappa shape index (κ2) is 11.4. The zero-order chi connectivity index (χ0) is 24.6. The number of carbonyl (C=O) groups is 1. The van der Waals surface area contributed by atoms with Gasteiger partial charge in [-0.25, -0.2) is 13.1 Å². The minimum Gasteiger partial charge on any atom is -0.461 e. The van der Waals surface area contributed by atoms with Crippen molar-refractivity contribution in [3.8, 4) is 11.8 Å². The fourth-order valence-electron chi connectivity index (χ4n) is 3.27. The summed E-state index contributed by atoms with van der Waals surface area (Å²) in [6.45, 7) is 0.573. The Labute approximate surface area is 205 Å². The molecule has 0 fully saturated rings. The molecular weight excluding hydrogens is 468 g/mol. The summed E-state index contributed by atoms with van der Waals surface area (Å²) in [5.74, 6) is 5.59. The molecule has 0 aliphatic rings. The molecule has 1 atom stereocenters. The van der Waals surface area contributed by atoms with Crippen molar-refractivity contribution in [1.82, 2.24) is 4.72 Å². The summed E-state index contributed by atoms with van der Waals surface area (Å²) in [4.78, 5) is 13.1. The average molecular weight is 498 g/mol. The molecule has 3 aromatic rings. The smallest absolute Gasteiger partial charge is 0.307 e. The number of carbonyl (C=O) groups excluding carboxylic acids is 1. The number of benzene rings is 2. The Morgan fingerprint density at radius 3 is 2.26 bits per heavy atom. The van der Waals surface area contributed by atoms with Crippen molar-refractivity contribution < 1.29 is 22.4 Å². The van der Waals surface area contributed by atoms with Crippen LogP contribution in [0, 0.1) is 11.8 Å². The maximum atomic E-state index is 13.1. The van der Waals surface area contributed by atoms with Gasteiger partial charge in [0, 0.05) is 5.56 Å². The maximum absolute atomic E-state index is 13.1. The zero-order valence-corrected chi connectivity index (χ0v) is 21.2. The van der Waals surface area contributed by atoms with Crippen molar-refractivity contribution in [3.63, 3.8) is 0 Å². The molecule has 8 heteroatoms. The Hall–Kier alpha value is -2.96. The maximum Gasteiger partial charge on any atom is 0.307 e. The molecule has 0 radical (unpaired) electrons. The normalized spacial score (nSPS) is 12.4. The molecule has 0 saturated carbocycles. The van der Waals surface area contributed by atoms with Gasteiger partial charge in [-0.15, -0.1) is 11.3 Å². The molecule has 3 rings (SSSR count). The summed E-state index contributed by atoms with van der Waals surface area (Å²) < 4.78 is 34.9. The highest BCUT2D eigenvalue weighted by Gasteiger charge is 2.28. The van der Waals surface area contributed by atoms with Gasteiger partial charge in [0.2, 0.25) is 0 Å². The lowest BCUT2D eigenvalue weighted by molar-refractivity contribution is -0.871. The highest BCUT2D eigenvalue weighted by molar-refractivity contribution is 7.91. The third-order valence-electron chi connectivity index (χ3n) is 4.70. The third-order valence-corrected chi connectivity index (χ3v) is 7.71. The molecule has 0 amide bonds. The first-order chi connectivity index (χ1) is 16.1. The molecule has 0 aliphatic carbocycles. The molecule has 1 N–H and O–H groups in total. The quantitative estimate of drug-likeness (QED) is 0.278. The number of quaternary nitrogens is 1. The van der Waals surface area contributed by atoms with E-state index in [0.29, 0.717) is 15.9 Å². The van der Waals surface area contributed by atoms with E-state index in [2.05, 4.69) is 16.6 Å². The minimum absolute atomic E-state index is 0.0619. The minimum atomic E-state index is -3.82. The number of nitrogens with one attached hydrogen (secondary N) is 1. The third kappa shape index (κ3) is 8.43. The second-order valence-corrected chi connectivity index (χ2v) is 11.9. The van der Waals surface area contributed by atoms with Gasteiger partial charge in [0.05, 0.1) is 45.0 Å². The van der Waals surface area contributed by atoms with Crippen molar-refractivity contribution in [2.45, 2.75) is 23.3 Å². The Balaban J connectivity index is 1.68. The van der Waals surface area contributed by atoms with E-state index in [1.54, 1.807) is 12.1 Å². The van der Waals surface area contributed by atoms with E-state index in [4.69, 9.17) is 4.74 Å². The Morgan fingerprint density at radius 2 is 1.62 bits per heavy atom. The lowest BCUT2D eigenvalue weighted by Crippen LogP contribution is -2.49. The molecule has 2 aromatic carbocycles. The Kier molecular flexibility index (Phi) is 8.64. The van der Waals surface area contributed by atoms with Gasteiger partial charge in [0.25, 0.3) is 10.0 Å². The molecule has 1 heterocycles. The molecule has 6 nitrogen and oxygen atoms in total. The van der Waals surface area contributed by atoms with Crippen LogP contribution in [0.1, 0.15) is 22.4 Å². The first kappa shape index (κ1) is 25.7. The van der Waals surface area contributed by atoms with E-state index in [1.165, 1.54) is 0 Å². The second-order valence-electron chi connectivity index (χ2n) is 8.88. The van der Waals surface area contributed by atoms with Crippen LogP contribution < -0.4 is 4.72 Å². The van der Waals surface area contributed by atoms with E-state index in [0.717, 1.165) is 22.5 Å². The molecule has 1 aromatic heterocycles. The monoisotopic (exact) mass is 497 g/mol. The van der Waals surface area contributed by atoms with Gasteiger partial charge in [0.15, 0.2) is 0 Å². The summed E-state index contributed by atoms with van der Waals surface area (Å²) >= 11 is 1.10. The first-order valence-corrected chi connectivity index (χ1v) is 13.1. The van der Waals surface area contributed by atoms with Crippen LogP contribution in [0.3, 0.4) is 0 Å². The van der Waals surface area contributed by atoms with Crippen molar-refractivity contribution in [2.24, 2.45) is 0 Å². The summed E-state index contributed by atoms with van der Waals surface area (Å²) in [5.41, 5.74) is 1.73. The van der Waals surface area contributed by atoms with Crippen molar-refractivity contribution in [2.75, 3.05) is 27.7 Å². The summed E-state index contributed by atoms with van der Waals surface area (Å²) in [5, 5.41) is 0. The van der Waals surface area contributed by atoms with Gasteiger partial charge in [-0.1, -0.05) is 60.4 Å². The number of rotatable bonds is 9. The first-order valence-electron chi connectivity index (χ1n) is 10.8. The van der Waals surface area contributed by atoms with Crippen LogP contribution in [-0.4, -0.2) is 52.6 Å². The van der Waals surface area contributed by atoms with Gasteiger partial charge >= 0.3 is 5.97 Å². The fourth-order valence-corrected chi connectivity index (χ4v) is 5.67. The molecule has 178 valence electrons. The van der Waals surface area contributed by atoms with Crippen LogP contribution in [0.15, 0.2) is 77.0 Å². The zero-order valence-electron chi connectivity index (χ0n) is 19.5. The van der Waals surface area contributed by atoms with Crippen LogP contribution >= 0.6 is 11.3 Å². The van der Waals surface area contributed by atoms with Crippen LogP contribution in [-0.2, 0) is 26.2 Å². The largest absolute Gasteiger partial charge is 0.461 e. The van der Waals surface area contributed by atoms with E-state index in [1.807, 2.05) is 81.8 Å². The molecule has 0 spiro atoms. The number of nitrogens with zero attached hydrogens (tertiary/aromatic N) is 1. The predicted molar refractivity (Wildman–Crippen MR) is 135 cm³/mol. The lowest BCUT2D eigenvalue weighted by Gasteiger charge is -2.29. The fraction of sp³-hybridized carbons (Fsp3) is 0.269. The van der Waals surface area contributed by atoms with Gasteiger partial charge in [0.1, 0.15) is 10.8 Å². The summed E-state index contributed by atoms with van der Waals surface area (Å²) in [7, 11) is 2.01. The highest BCUT2D eigenvalue weighted by Crippen LogP contribution is 2.22. The van der Waals surface area contributed by atoms with Crippen LogP contribution in [0.5, 0.6) is 0 Å². The van der Waals surface area contributed by atoms with E-state index >= 15 is 0 Å². The predicted octanol–water partition coefficient (Wildman–Crippen LogP) is 3.63. The molecule has 34 heavy (non-hydrogen) atoms. The number of hydrogen-bond acceptors (Lipinski definition) is 5. The van der Waals surface area contributed by atoms with Crippen molar-refractivity contribution in [1.29, 1.82) is 0 Å². The van der Waals surface area contributed by atoms with Crippen LogP contribution in [0.4, 0.5) is 0 Å². The molecular formula is C26H29N2O4S2+. The Morgan fingerprint density at radius 1 is 0.971 bits per heavy atom. The van der Waals surface area contributed by atoms with Crippen LogP contribution in [0.25, 0.3) is 0 Å². The topological polar surface area (TPSA) is 72.5 Å². The average Bonchev–Trinajstić information content (AvgIpc) is 3.26. The van der Waals surface area contributed by atoms with Crippen molar-refractivity contribution in [3.05, 3.63) is 88.8 Å². The molecule has 0 unspecified atom stereocenters. The number of hydrogen-bond donors (Lipinski definition) is 1. The Bertz CT molecular complexity index is 1250. The van der Waals surface area contributed by atoms with E-state index in [9.17, 15) is 13.2 Å². The number of thiophene rings is 1. The summed E-state index contributed by atoms with van der Waals surface area (Å²) in [6, 6.07) is 21.5. The number of esters is 1. The molecule has 0 saturated heterocycles. The van der Waals surface area contributed by atoms with E-state index < -0.39 is 22.0 Å². The van der Waals surface area contributed by atoms with Gasteiger partial charge < -0.3 is 9.22 Å².